The molecule has 0 aliphatic heterocycles. The average molecular weight is 467 g/mol. The van der Waals surface area contributed by atoms with Crippen LogP contribution in [-0.2, 0) is 9.53 Å². The lowest BCUT2D eigenvalue weighted by molar-refractivity contribution is -0.139. The molecule has 178 valence electrons. The number of rotatable bonds is 10. The molecule has 1 heterocycles. The van der Waals surface area contributed by atoms with Gasteiger partial charge in [-0.2, -0.15) is 0 Å². The molecule has 11 heteroatoms. The van der Waals surface area contributed by atoms with Crippen molar-refractivity contribution in [2.45, 2.75) is 25.8 Å². The second kappa shape index (κ2) is 10.9. The van der Waals surface area contributed by atoms with Gasteiger partial charge in [-0.1, -0.05) is 25.5 Å². The highest BCUT2D eigenvalue weighted by atomic mass is 16.5. The minimum absolute atomic E-state index is 0.0477. The van der Waals surface area contributed by atoms with Crippen molar-refractivity contribution in [3.8, 4) is 11.5 Å². The van der Waals surface area contributed by atoms with Gasteiger partial charge in [-0.25, -0.2) is 14.6 Å². The maximum Gasteiger partial charge on any atom is 0.407 e. The minimum Gasteiger partial charge on any atom is -0.480 e. The Labute approximate surface area is 194 Å². The van der Waals surface area contributed by atoms with Crippen LogP contribution in [-0.4, -0.2) is 53.1 Å². The van der Waals surface area contributed by atoms with Crippen LogP contribution in [0.1, 0.15) is 35.7 Å². The van der Waals surface area contributed by atoms with E-state index in [1.54, 1.807) is 30.3 Å². The number of unbranched alkanes of at least 4 members (excludes halogenated alkanes) is 1. The van der Waals surface area contributed by atoms with E-state index in [1.165, 1.54) is 12.1 Å². The van der Waals surface area contributed by atoms with Crippen molar-refractivity contribution in [2.24, 2.45) is 5.73 Å². The third kappa shape index (κ3) is 6.09. The molecule has 0 saturated heterocycles. The molecular weight excluding hydrogens is 442 g/mol. The Kier molecular flexibility index (Phi) is 7.80. The summed E-state index contributed by atoms with van der Waals surface area (Å²) in [6.07, 6.45) is 0.635. The van der Waals surface area contributed by atoms with Gasteiger partial charge in [0.1, 0.15) is 17.4 Å². The normalized spacial score (nSPS) is 11.6. The van der Waals surface area contributed by atoms with Crippen LogP contribution >= 0.6 is 0 Å². The van der Waals surface area contributed by atoms with Gasteiger partial charge in [-0.15, -0.1) is 0 Å². The molecule has 0 bridgehead atoms. The molecule has 1 atom stereocenters. The Morgan fingerprint density at radius 3 is 2.53 bits per heavy atom. The summed E-state index contributed by atoms with van der Waals surface area (Å²) in [5, 5.41) is 21.5. The number of alkyl carbamates (subject to hydrolysis) is 1. The van der Waals surface area contributed by atoms with Gasteiger partial charge in [0, 0.05) is 23.2 Å². The zero-order chi connectivity index (χ0) is 24.7. The minimum atomic E-state index is -1.35. The Morgan fingerprint density at radius 2 is 1.88 bits per heavy atom. The predicted molar refractivity (Wildman–Crippen MR) is 124 cm³/mol. The maximum atomic E-state index is 12.6. The maximum absolute atomic E-state index is 12.6. The summed E-state index contributed by atoms with van der Waals surface area (Å²) in [5.74, 6) is -1.56. The molecule has 0 aliphatic rings. The SMILES string of the molecule is CCCCOC(=O)N[C@@H](CNC(=O)c1ccc2oc(-c3ccc(C(=N)N)cc3)nc2c1)C(=O)O. The van der Waals surface area contributed by atoms with Crippen molar-refractivity contribution in [1.82, 2.24) is 15.6 Å². The van der Waals surface area contributed by atoms with E-state index in [2.05, 4.69) is 15.6 Å². The van der Waals surface area contributed by atoms with Crippen LogP contribution in [0.4, 0.5) is 4.79 Å². The van der Waals surface area contributed by atoms with Gasteiger partial charge in [0.15, 0.2) is 5.58 Å². The van der Waals surface area contributed by atoms with Crippen LogP contribution in [0, 0.1) is 5.41 Å². The van der Waals surface area contributed by atoms with Gasteiger partial charge in [-0.05, 0) is 36.8 Å². The van der Waals surface area contributed by atoms with Crippen LogP contribution in [0.5, 0.6) is 0 Å². The van der Waals surface area contributed by atoms with Gasteiger partial charge in [0.2, 0.25) is 5.89 Å². The first kappa shape index (κ1) is 24.2. The Balaban J connectivity index is 1.66. The molecule has 0 saturated carbocycles. The Hall–Kier alpha value is -4.41. The smallest absolute Gasteiger partial charge is 0.407 e. The van der Waals surface area contributed by atoms with Crippen molar-refractivity contribution in [2.75, 3.05) is 13.2 Å². The largest absolute Gasteiger partial charge is 0.480 e. The highest BCUT2D eigenvalue weighted by molar-refractivity contribution is 5.98. The number of benzene rings is 2. The second-order valence-electron chi connectivity index (χ2n) is 7.43. The molecule has 11 nitrogen and oxygen atoms in total. The van der Waals surface area contributed by atoms with Gasteiger partial charge >= 0.3 is 12.1 Å². The molecule has 0 unspecified atom stereocenters. The Morgan fingerprint density at radius 1 is 1.18 bits per heavy atom. The highest BCUT2D eigenvalue weighted by Crippen LogP contribution is 2.25. The lowest BCUT2D eigenvalue weighted by Gasteiger charge is -2.15. The van der Waals surface area contributed by atoms with Crippen molar-refractivity contribution in [1.29, 1.82) is 5.41 Å². The van der Waals surface area contributed by atoms with Crippen LogP contribution in [0.2, 0.25) is 0 Å². The number of nitrogen functional groups attached to an aromatic ring is 1. The van der Waals surface area contributed by atoms with Crippen LogP contribution in [0.3, 0.4) is 0 Å². The summed E-state index contributed by atoms with van der Waals surface area (Å²) < 4.78 is 10.6. The molecule has 34 heavy (non-hydrogen) atoms. The van der Waals surface area contributed by atoms with Crippen LogP contribution < -0.4 is 16.4 Å². The topological polar surface area (TPSA) is 181 Å². The van der Waals surface area contributed by atoms with Crippen molar-refractivity contribution >= 4 is 34.9 Å². The first-order valence-corrected chi connectivity index (χ1v) is 10.6. The van der Waals surface area contributed by atoms with Gasteiger partial charge in [0.05, 0.1) is 6.61 Å². The van der Waals surface area contributed by atoms with Crippen molar-refractivity contribution < 1.29 is 28.6 Å². The summed E-state index contributed by atoms with van der Waals surface area (Å²) in [4.78, 5) is 40.1. The van der Waals surface area contributed by atoms with Gasteiger partial charge in [-0.3, -0.25) is 10.2 Å². The second-order valence-corrected chi connectivity index (χ2v) is 7.43. The standard InChI is InChI=1S/C23H25N5O6/c1-2-3-10-33-23(32)28-17(22(30)31)12-26-20(29)15-8-9-18-16(11-15)27-21(34-18)14-6-4-13(5-7-14)19(24)25/h4-9,11,17H,2-3,10,12H2,1H3,(H3,24,25)(H,26,29)(H,28,32)(H,30,31)/t17-/m0/s1. The summed E-state index contributed by atoms with van der Waals surface area (Å²) in [5.41, 5.74) is 7.85. The average Bonchev–Trinajstić information content (AvgIpc) is 3.25. The molecule has 0 fully saturated rings. The third-order valence-electron chi connectivity index (χ3n) is 4.88. The molecule has 1 aromatic heterocycles. The van der Waals surface area contributed by atoms with Crippen molar-refractivity contribution in [3.05, 3.63) is 53.6 Å². The van der Waals surface area contributed by atoms with Crippen LogP contribution in [0.15, 0.2) is 46.9 Å². The number of aliphatic carboxylic acids is 1. The number of carbonyl (C=O) groups is 3. The summed E-state index contributed by atoms with van der Waals surface area (Å²) in [6.45, 7) is 1.78. The summed E-state index contributed by atoms with van der Waals surface area (Å²) >= 11 is 0. The van der Waals surface area contributed by atoms with E-state index in [0.717, 1.165) is 6.42 Å². The number of nitrogens with zero attached hydrogens (tertiary/aromatic N) is 1. The van der Waals surface area contributed by atoms with Crippen molar-refractivity contribution in [3.63, 3.8) is 0 Å². The fourth-order valence-corrected chi connectivity index (χ4v) is 2.97. The third-order valence-corrected chi connectivity index (χ3v) is 4.88. The van der Waals surface area contributed by atoms with Gasteiger partial charge < -0.3 is 30.6 Å². The monoisotopic (exact) mass is 467 g/mol. The molecule has 2 amide bonds. The molecule has 0 radical (unpaired) electrons. The number of nitrogens with one attached hydrogen (secondary N) is 3. The van der Waals surface area contributed by atoms with E-state index in [1.807, 2.05) is 6.92 Å². The van der Waals surface area contributed by atoms with E-state index in [4.69, 9.17) is 20.3 Å². The summed E-state index contributed by atoms with van der Waals surface area (Å²) in [7, 11) is 0. The number of nitrogens with two attached hydrogens (primary N) is 1. The fraction of sp³-hybridized carbons (Fsp3) is 0.261. The zero-order valence-corrected chi connectivity index (χ0v) is 18.5. The number of fused-ring (bicyclic) bond motifs is 1. The number of carboxylic acids is 1. The Bertz CT molecular complexity index is 1200. The van der Waals surface area contributed by atoms with E-state index in [9.17, 15) is 19.5 Å². The molecule has 3 aromatic rings. The number of amides is 2. The zero-order valence-electron chi connectivity index (χ0n) is 18.5. The molecule has 0 aliphatic carbocycles. The number of amidine groups is 1. The van der Waals surface area contributed by atoms with E-state index >= 15 is 0 Å². The quantitative estimate of drug-likeness (QED) is 0.171. The first-order valence-electron chi connectivity index (χ1n) is 10.6. The highest BCUT2D eigenvalue weighted by Gasteiger charge is 2.22. The predicted octanol–water partition coefficient (Wildman–Crippen LogP) is 2.49. The number of hydrogen-bond acceptors (Lipinski definition) is 7. The molecule has 2 aromatic carbocycles. The lowest BCUT2D eigenvalue weighted by Crippen LogP contribution is -2.48. The number of oxazole rings is 1. The number of hydrogen-bond donors (Lipinski definition) is 5. The number of ether oxygens (including phenoxy) is 1. The first-order chi connectivity index (χ1) is 16.3. The molecule has 0 spiro atoms. The number of aromatic nitrogens is 1. The number of carboxylic acid groups (broad SMARTS) is 1. The number of carbonyl (C=O) groups excluding carboxylic acids is 2. The lowest BCUT2D eigenvalue weighted by atomic mass is 10.1. The van der Waals surface area contributed by atoms with Gasteiger partial charge in [0.25, 0.3) is 5.91 Å². The van der Waals surface area contributed by atoms with Crippen LogP contribution in [0.25, 0.3) is 22.6 Å². The molecule has 6 N–H and O–H groups in total. The molecule has 3 rings (SSSR count). The van der Waals surface area contributed by atoms with E-state index < -0.39 is 24.0 Å². The summed E-state index contributed by atoms with van der Waals surface area (Å²) in [6, 6.07) is 10.1. The van der Waals surface area contributed by atoms with E-state index in [0.29, 0.717) is 34.5 Å². The fourth-order valence-electron chi connectivity index (χ4n) is 2.97. The van der Waals surface area contributed by atoms with E-state index in [-0.39, 0.29) is 24.6 Å². The molecular formula is C23H25N5O6.